The van der Waals surface area contributed by atoms with Crippen molar-refractivity contribution >= 4 is 11.4 Å². The third-order valence-electron chi connectivity index (χ3n) is 5.01. The third kappa shape index (κ3) is 4.54. The van der Waals surface area contributed by atoms with Crippen LogP contribution in [0.4, 0.5) is 4.39 Å². The average Bonchev–Trinajstić information content (AvgIpc) is 3.05. The summed E-state index contributed by atoms with van der Waals surface area (Å²) in [5, 5.41) is 3.00. The van der Waals surface area contributed by atoms with E-state index in [1.165, 1.54) is 6.07 Å². The Morgan fingerprint density at radius 1 is 1.26 bits per heavy atom. The van der Waals surface area contributed by atoms with Crippen LogP contribution in [0.3, 0.4) is 0 Å². The fraction of sp³-hybridized carbons (Fsp3) is 0.364. The van der Waals surface area contributed by atoms with Crippen molar-refractivity contribution in [2.75, 3.05) is 6.54 Å². The van der Waals surface area contributed by atoms with Gasteiger partial charge >= 0.3 is 0 Å². The minimum atomic E-state index is -0.211. The maximum atomic E-state index is 13.6. The van der Waals surface area contributed by atoms with E-state index in [1.54, 1.807) is 13.0 Å². The average molecular weight is 367 g/mol. The molecule has 0 aliphatic rings. The molecule has 0 aliphatic heterocycles. The molecular weight excluding hydrogens is 341 g/mol. The Morgan fingerprint density at radius 3 is 2.81 bits per heavy atom. The van der Waals surface area contributed by atoms with E-state index in [-0.39, 0.29) is 23.6 Å². The van der Waals surface area contributed by atoms with Gasteiger partial charge in [-0.2, -0.15) is 0 Å². The predicted octanol–water partition coefficient (Wildman–Crippen LogP) is 4.27. The zero-order chi connectivity index (χ0) is 19.4. The molecule has 0 spiro atoms. The highest BCUT2D eigenvalue weighted by Crippen LogP contribution is 2.29. The van der Waals surface area contributed by atoms with Crippen molar-refractivity contribution in [3.63, 3.8) is 0 Å². The fourth-order valence-corrected chi connectivity index (χ4v) is 3.41. The number of pyridine rings is 1. The topological polar surface area (TPSA) is 46.4 Å². The van der Waals surface area contributed by atoms with Crippen LogP contribution in [0.25, 0.3) is 5.52 Å². The number of aryl methyl sites for hydroxylation is 1. The van der Waals surface area contributed by atoms with Gasteiger partial charge in [0.05, 0.1) is 11.7 Å². The molecule has 142 valence electrons. The van der Waals surface area contributed by atoms with E-state index >= 15 is 0 Å². The first-order chi connectivity index (χ1) is 13.0. The molecule has 0 saturated carbocycles. The number of nitrogens with one attached hydrogen (secondary N) is 1. The first kappa shape index (κ1) is 19.1. The summed E-state index contributed by atoms with van der Waals surface area (Å²) in [7, 11) is 0. The van der Waals surface area contributed by atoms with Gasteiger partial charge in [0.1, 0.15) is 11.6 Å². The molecule has 1 unspecified atom stereocenters. The molecule has 1 aromatic carbocycles. The fourth-order valence-electron chi connectivity index (χ4n) is 3.41. The second-order valence-corrected chi connectivity index (χ2v) is 7.33. The smallest absolute Gasteiger partial charge is 0.220 e. The maximum absolute atomic E-state index is 13.6. The van der Waals surface area contributed by atoms with Crippen LogP contribution in [0.15, 0.2) is 48.8 Å². The quantitative estimate of drug-likeness (QED) is 0.678. The van der Waals surface area contributed by atoms with Gasteiger partial charge in [-0.1, -0.05) is 32.0 Å². The number of fused-ring (bicyclic) bond motifs is 1. The Hall–Kier alpha value is -2.69. The van der Waals surface area contributed by atoms with E-state index in [4.69, 9.17) is 0 Å². The van der Waals surface area contributed by atoms with Gasteiger partial charge in [-0.05, 0) is 48.1 Å². The van der Waals surface area contributed by atoms with E-state index in [1.807, 2.05) is 41.1 Å². The number of benzene rings is 1. The Kier molecular flexibility index (Phi) is 5.89. The lowest BCUT2D eigenvalue weighted by atomic mass is 9.85. The van der Waals surface area contributed by atoms with Gasteiger partial charge in [0.25, 0.3) is 0 Å². The number of halogens is 1. The molecule has 5 heteroatoms. The molecule has 0 radical (unpaired) electrons. The molecule has 0 aliphatic carbocycles. The van der Waals surface area contributed by atoms with Crippen molar-refractivity contribution in [1.82, 2.24) is 14.7 Å². The summed E-state index contributed by atoms with van der Waals surface area (Å²) >= 11 is 0. The van der Waals surface area contributed by atoms with Crippen LogP contribution in [0.5, 0.6) is 0 Å². The Balaban J connectivity index is 1.59. The van der Waals surface area contributed by atoms with E-state index in [0.29, 0.717) is 24.9 Å². The van der Waals surface area contributed by atoms with Crippen LogP contribution in [0.2, 0.25) is 0 Å². The van der Waals surface area contributed by atoms with Gasteiger partial charge in [0.15, 0.2) is 0 Å². The number of nitrogens with zero attached hydrogens (tertiary/aromatic N) is 2. The van der Waals surface area contributed by atoms with Crippen molar-refractivity contribution < 1.29 is 9.18 Å². The van der Waals surface area contributed by atoms with Crippen molar-refractivity contribution in [3.8, 4) is 0 Å². The van der Waals surface area contributed by atoms with E-state index < -0.39 is 0 Å². The van der Waals surface area contributed by atoms with Crippen LogP contribution < -0.4 is 5.32 Å². The standard InChI is InChI=1S/C22H26FN3O/c1-15(2)19(17-7-8-20(23)16(3)12-17)13-22(27)24-10-9-21-25-14-18-6-4-5-11-26(18)21/h4-8,11-12,14-15,19H,9-10,13H2,1-3H3,(H,24,27). The van der Waals surface area contributed by atoms with E-state index in [0.717, 1.165) is 16.9 Å². The predicted molar refractivity (Wildman–Crippen MR) is 105 cm³/mol. The minimum Gasteiger partial charge on any atom is -0.356 e. The van der Waals surface area contributed by atoms with E-state index in [9.17, 15) is 9.18 Å². The van der Waals surface area contributed by atoms with Crippen molar-refractivity contribution in [2.45, 2.75) is 39.5 Å². The number of carbonyl (C=O) groups excluding carboxylic acids is 1. The number of amides is 1. The van der Waals surface area contributed by atoms with Gasteiger partial charge in [-0.25, -0.2) is 9.37 Å². The molecule has 0 saturated heterocycles. The highest BCUT2D eigenvalue weighted by Gasteiger charge is 2.20. The van der Waals surface area contributed by atoms with Gasteiger partial charge in [-0.15, -0.1) is 0 Å². The summed E-state index contributed by atoms with van der Waals surface area (Å²) < 4.78 is 15.6. The van der Waals surface area contributed by atoms with E-state index in [2.05, 4.69) is 24.1 Å². The summed E-state index contributed by atoms with van der Waals surface area (Å²) in [4.78, 5) is 16.9. The molecule has 0 bridgehead atoms. The minimum absolute atomic E-state index is 0.0107. The summed E-state index contributed by atoms with van der Waals surface area (Å²) in [6.07, 6.45) is 4.88. The number of hydrogen-bond acceptors (Lipinski definition) is 2. The second-order valence-electron chi connectivity index (χ2n) is 7.33. The number of hydrogen-bond donors (Lipinski definition) is 1. The summed E-state index contributed by atoms with van der Waals surface area (Å²) in [5.74, 6) is 1.09. The lowest BCUT2D eigenvalue weighted by Crippen LogP contribution is -2.28. The zero-order valence-corrected chi connectivity index (χ0v) is 16.1. The first-order valence-corrected chi connectivity index (χ1v) is 9.39. The van der Waals surface area contributed by atoms with Gasteiger partial charge in [0, 0.05) is 25.6 Å². The molecule has 2 aromatic heterocycles. The SMILES string of the molecule is Cc1cc(C(CC(=O)NCCc2ncc3ccccn23)C(C)C)ccc1F. The van der Waals surface area contributed by atoms with Crippen LogP contribution in [0, 0.1) is 18.7 Å². The third-order valence-corrected chi connectivity index (χ3v) is 5.01. The lowest BCUT2D eigenvalue weighted by Gasteiger charge is -2.21. The Morgan fingerprint density at radius 2 is 2.07 bits per heavy atom. The summed E-state index contributed by atoms with van der Waals surface area (Å²) in [5.41, 5.74) is 2.67. The Bertz CT molecular complexity index is 932. The zero-order valence-electron chi connectivity index (χ0n) is 16.1. The molecule has 1 amide bonds. The van der Waals surface area contributed by atoms with Crippen molar-refractivity contribution in [3.05, 3.63) is 71.6 Å². The number of imidazole rings is 1. The van der Waals surface area contributed by atoms with Gasteiger partial charge < -0.3 is 9.72 Å². The van der Waals surface area contributed by atoms with Crippen LogP contribution in [-0.4, -0.2) is 21.8 Å². The largest absolute Gasteiger partial charge is 0.356 e. The number of rotatable bonds is 7. The molecule has 4 nitrogen and oxygen atoms in total. The van der Waals surface area contributed by atoms with Gasteiger partial charge in [-0.3, -0.25) is 4.79 Å². The van der Waals surface area contributed by atoms with Crippen LogP contribution >= 0.6 is 0 Å². The number of aromatic nitrogens is 2. The highest BCUT2D eigenvalue weighted by molar-refractivity contribution is 5.77. The molecule has 3 rings (SSSR count). The van der Waals surface area contributed by atoms with Crippen LogP contribution in [0.1, 0.15) is 43.1 Å². The molecule has 3 aromatic rings. The second kappa shape index (κ2) is 8.33. The molecular formula is C22H26FN3O. The maximum Gasteiger partial charge on any atom is 0.220 e. The Labute approximate surface area is 159 Å². The normalized spacial score (nSPS) is 12.5. The molecule has 2 heterocycles. The molecule has 1 atom stereocenters. The molecule has 1 N–H and O–H groups in total. The monoisotopic (exact) mass is 367 g/mol. The van der Waals surface area contributed by atoms with Crippen molar-refractivity contribution in [1.29, 1.82) is 0 Å². The highest BCUT2D eigenvalue weighted by atomic mass is 19.1. The number of carbonyl (C=O) groups is 1. The summed E-state index contributed by atoms with van der Waals surface area (Å²) in [6, 6.07) is 11.1. The first-order valence-electron chi connectivity index (χ1n) is 9.39. The molecule has 0 fully saturated rings. The summed E-state index contributed by atoms with van der Waals surface area (Å²) in [6.45, 7) is 6.48. The van der Waals surface area contributed by atoms with Crippen LogP contribution in [-0.2, 0) is 11.2 Å². The van der Waals surface area contributed by atoms with Gasteiger partial charge in [0.2, 0.25) is 5.91 Å². The molecule has 27 heavy (non-hydrogen) atoms. The van der Waals surface area contributed by atoms with Crippen molar-refractivity contribution in [2.24, 2.45) is 5.92 Å². The lowest BCUT2D eigenvalue weighted by molar-refractivity contribution is -0.121.